The zero-order chi connectivity index (χ0) is 13.9. The maximum absolute atomic E-state index is 5.48. The molecule has 1 saturated carbocycles. The van der Waals surface area contributed by atoms with Crippen LogP contribution in [0.1, 0.15) is 44.4 Å². The van der Waals surface area contributed by atoms with E-state index in [1.807, 2.05) is 17.8 Å². The highest BCUT2D eigenvalue weighted by atomic mass is 16.5. The van der Waals surface area contributed by atoms with Crippen molar-refractivity contribution >= 4 is 0 Å². The van der Waals surface area contributed by atoms with Crippen molar-refractivity contribution in [3.8, 4) is 11.6 Å². The standard InChI is InChI=1S/C14H21N5O/c1-3-7-15-11-6-4-5-10(11)14-17-12(18-20-14)13-16-8-9-19(13)2/h8-11,15H,3-7H2,1-2H3. The molecule has 6 nitrogen and oxygen atoms in total. The number of aromatic nitrogens is 4. The van der Waals surface area contributed by atoms with E-state index in [1.54, 1.807) is 6.20 Å². The summed E-state index contributed by atoms with van der Waals surface area (Å²) in [5, 5.41) is 7.67. The van der Waals surface area contributed by atoms with Gasteiger partial charge in [0, 0.05) is 25.5 Å². The summed E-state index contributed by atoms with van der Waals surface area (Å²) in [6.45, 7) is 3.23. The van der Waals surface area contributed by atoms with Crippen LogP contribution in [0, 0.1) is 0 Å². The Kier molecular flexibility index (Phi) is 3.82. The van der Waals surface area contributed by atoms with Crippen molar-refractivity contribution in [2.24, 2.45) is 7.05 Å². The fourth-order valence-corrected chi connectivity index (χ4v) is 2.89. The molecular formula is C14H21N5O. The van der Waals surface area contributed by atoms with Gasteiger partial charge in [0.05, 0.1) is 5.92 Å². The van der Waals surface area contributed by atoms with Crippen LogP contribution < -0.4 is 5.32 Å². The zero-order valence-electron chi connectivity index (χ0n) is 12.0. The summed E-state index contributed by atoms with van der Waals surface area (Å²) in [7, 11) is 1.93. The average molecular weight is 275 g/mol. The van der Waals surface area contributed by atoms with E-state index >= 15 is 0 Å². The summed E-state index contributed by atoms with van der Waals surface area (Å²) in [4.78, 5) is 8.81. The molecule has 2 aromatic rings. The topological polar surface area (TPSA) is 68.8 Å². The van der Waals surface area contributed by atoms with E-state index in [1.165, 1.54) is 12.8 Å². The molecule has 2 atom stereocenters. The summed E-state index contributed by atoms with van der Waals surface area (Å²) >= 11 is 0. The van der Waals surface area contributed by atoms with Crippen molar-refractivity contribution in [2.75, 3.05) is 6.54 Å². The van der Waals surface area contributed by atoms with Crippen LogP contribution in [0.4, 0.5) is 0 Å². The van der Waals surface area contributed by atoms with Crippen molar-refractivity contribution in [2.45, 2.75) is 44.6 Å². The molecule has 1 aliphatic carbocycles. The molecule has 0 amide bonds. The fourth-order valence-electron chi connectivity index (χ4n) is 2.89. The normalized spacial score (nSPS) is 22.5. The van der Waals surface area contributed by atoms with Crippen molar-refractivity contribution in [1.29, 1.82) is 0 Å². The number of aryl methyl sites for hydroxylation is 1. The van der Waals surface area contributed by atoms with E-state index in [2.05, 4.69) is 27.4 Å². The average Bonchev–Trinajstić information content (AvgIpc) is 3.15. The predicted molar refractivity (Wildman–Crippen MR) is 75.2 cm³/mol. The highest BCUT2D eigenvalue weighted by Crippen LogP contribution is 2.34. The Bertz CT molecular complexity index is 561. The smallest absolute Gasteiger partial charge is 0.238 e. The van der Waals surface area contributed by atoms with Crippen LogP contribution in [0.15, 0.2) is 16.9 Å². The summed E-state index contributed by atoms with van der Waals surface area (Å²) in [5.41, 5.74) is 0. The second-order valence-corrected chi connectivity index (χ2v) is 5.42. The van der Waals surface area contributed by atoms with Gasteiger partial charge in [-0.15, -0.1) is 0 Å². The van der Waals surface area contributed by atoms with E-state index in [0.717, 1.165) is 31.1 Å². The Hall–Kier alpha value is -1.69. The monoisotopic (exact) mass is 275 g/mol. The van der Waals surface area contributed by atoms with Crippen LogP contribution >= 0.6 is 0 Å². The van der Waals surface area contributed by atoms with Crippen LogP contribution in [0.2, 0.25) is 0 Å². The lowest BCUT2D eigenvalue weighted by atomic mass is 10.0. The minimum atomic E-state index is 0.336. The summed E-state index contributed by atoms with van der Waals surface area (Å²) in [6.07, 6.45) is 8.28. The third kappa shape index (κ3) is 2.47. The Labute approximate surface area is 118 Å². The lowest BCUT2D eigenvalue weighted by molar-refractivity contribution is 0.330. The summed E-state index contributed by atoms with van der Waals surface area (Å²) in [6, 6.07) is 0.463. The van der Waals surface area contributed by atoms with Gasteiger partial charge in [0.2, 0.25) is 11.7 Å². The molecule has 3 rings (SSSR count). The predicted octanol–water partition coefficient (Wildman–Crippen LogP) is 2.11. The Balaban J connectivity index is 1.78. The molecule has 0 aromatic carbocycles. The molecule has 0 bridgehead atoms. The van der Waals surface area contributed by atoms with Gasteiger partial charge in [-0.25, -0.2) is 4.98 Å². The van der Waals surface area contributed by atoms with Gasteiger partial charge in [0.25, 0.3) is 0 Å². The highest BCUT2D eigenvalue weighted by Gasteiger charge is 2.32. The van der Waals surface area contributed by atoms with Gasteiger partial charge in [-0.3, -0.25) is 0 Å². The van der Waals surface area contributed by atoms with E-state index in [4.69, 9.17) is 4.52 Å². The van der Waals surface area contributed by atoms with E-state index in [-0.39, 0.29) is 0 Å². The van der Waals surface area contributed by atoms with Crippen LogP contribution in [-0.4, -0.2) is 32.3 Å². The first-order valence-electron chi connectivity index (χ1n) is 7.34. The minimum absolute atomic E-state index is 0.336. The van der Waals surface area contributed by atoms with E-state index in [0.29, 0.717) is 17.8 Å². The molecule has 0 aliphatic heterocycles. The van der Waals surface area contributed by atoms with Gasteiger partial charge in [-0.2, -0.15) is 4.98 Å². The number of hydrogen-bond donors (Lipinski definition) is 1. The molecule has 2 aromatic heterocycles. The maximum atomic E-state index is 5.48. The lowest BCUT2D eigenvalue weighted by Crippen LogP contribution is -2.31. The first-order chi connectivity index (χ1) is 9.79. The van der Waals surface area contributed by atoms with Gasteiger partial charge in [0.15, 0.2) is 5.82 Å². The largest absolute Gasteiger partial charge is 0.338 e. The molecule has 1 fully saturated rings. The molecular weight excluding hydrogens is 254 g/mol. The molecule has 2 heterocycles. The lowest BCUT2D eigenvalue weighted by Gasteiger charge is -2.17. The van der Waals surface area contributed by atoms with Gasteiger partial charge >= 0.3 is 0 Å². The first-order valence-corrected chi connectivity index (χ1v) is 7.34. The molecule has 6 heteroatoms. The molecule has 20 heavy (non-hydrogen) atoms. The second kappa shape index (κ2) is 5.75. The third-order valence-corrected chi connectivity index (χ3v) is 3.95. The van der Waals surface area contributed by atoms with E-state index < -0.39 is 0 Å². The van der Waals surface area contributed by atoms with Crippen molar-refractivity contribution in [1.82, 2.24) is 25.0 Å². The number of imidazole rings is 1. The molecule has 1 N–H and O–H groups in total. The Morgan fingerprint density at radius 2 is 2.35 bits per heavy atom. The quantitative estimate of drug-likeness (QED) is 0.905. The van der Waals surface area contributed by atoms with Crippen LogP contribution in [0.5, 0.6) is 0 Å². The van der Waals surface area contributed by atoms with Gasteiger partial charge < -0.3 is 14.4 Å². The summed E-state index contributed by atoms with van der Waals surface area (Å²) in [5.74, 6) is 2.40. The molecule has 0 radical (unpaired) electrons. The summed E-state index contributed by atoms with van der Waals surface area (Å²) < 4.78 is 7.38. The van der Waals surface area contributed by atoms with Gasteiger partial charge in [-0.1, -0.05) is 18.5 Å². The van der Waals surface area contributed by atoms with Crippen molar-refractivity contribution in [3.63, 3.8) is 0 Å². The van der Waals surface area contributed by atoms with E-state index in [9.17, 15) is 0 Å². The first kappa shape index (κ1) is 13.3. The number of rotatable bonds is 5. The number of hydrogen-bond acceptors (Lipinski definition) is 5. The minimum Gasteiger partial charge on any atom is -0.338 e. The van der Waals surface area contributed by atoms with Crippen molar-refractivity contribution in [3.05, 3.63) is 18.3 Å². The maximum Gasteiger partial charge on any atom is 0.238 e. The van der Waals surface area contributed by atoms with Crippen LogP contribution in [0.25, 0.3) is 11.6 Å². The SMILES string of the molecule is CCCNC1CCCC1c1nc(-c2nccn2C)no1. The van der Waals surface area contributed by atoms with Crippen LogP contribution in [0.3, 0.4) is 0 Å². The zero-order valence-corrected chi connectivity index (χ0v) is 12.0. The molecule has 0 saturated heterocycles. The Morgan fingerprint density at radius 3 is 3.10 bits per heavy atom. The molecule has 108 valence electrons. The number of nitrogens with one attached hydrogen (secondary N) is 1. The highest BCUT2D eigenvalue weighted by molar-refractivity contribution is 5.42. The van der Waals surface area contributed by atoms with Crippen LogP contribution in [-0.2, 0) is 7.05 Å². The van der Waals surface area contributed by atoms with Gasteiger partial charge in [0.1, 0.15) is 0 Å². The molecule has 1 aliphatic rings. The Morgan fingerprint density at radius 1 is 1.45 bits per heavy atom. The number of nitrogens with zero attached hydrogens (tertiary/aromatic N) is 4. The molecule has 0 spiro atoms. The van der Waals surface area contributed by atoms with Crippen molar-refractivity contribution < 1.29 is 4.52 Å². The fraction of sp³-hybridized carbons (Fsp3) is 0.643. The van der Waals surface area contributed by atoms with Gasteiger partial charge in [-0.05, 0) is 25.8 Å². The second-order valence-electron chi connectivity index (χ2n) is 5.42. The third-order valence-electron chi connectivity index (χ3n) is 3.95. The molecule has 2 unspecified atom stereocenters.